The largest absolute Gasteiger partial charge is 0.361 e. The lowest BCUT2D eigenvalue weighted by molar-refractivity contribution is -0.134. The van der Waals surface area contributed by atoms with Gasteiger partial charge in [-0.15, -0.1) is 11.8 Å². The molecule has 1 aliphatic heterocycles. The molecule has 3 N–H and O–H groups in total. The van der Waals surface area contributed by atoms with Crippen LogP contribution in [0, 0.1) is 0 Å². The molecule has 0 saturated carbocycles. The number of thioether (sulfide) groups is 1. The first-order valence-electron chi connectivity index (χ1n) is 6.25. The predicted molar refractivity (Wildman–Crippen MR) is 72.2 cm³/mol. The van der Waals surface area contributed by atoms with E-state index in [1.54, 1.807) is 16.7 Å². The second-order valence-electron chi connectivity index (χ2n) is 4.03. The van der Waals surface area contributed by atoms with Crippen LogP contribution in [-0.2, 0) is 19.2 Å². The monoisotopic (exact) mass is 291 g/mol. The maximum Gasteiger partial charge on any atom is 0.248 e. The predicted octanol–water partition coefficient (Wildman–Crippen LogP) is -0.679. The number of hydrogen-bond acceptors (Lipinski definition) is 6. The van der Waals surface area contributed by atoms with E-state index in [1.165, 1.54) is 0 Å². The molecule has 0 aliphatic carbocycles. The summed E-state index contributed by atoms with van der Waals surface area (Å²) in [6.07, 6.45) is 0.737. The molecule has 1 fully saturated rings. The number of amides is 2. The van der Waals surface area contributed by atoms with E-state index in [1.807, 2.05) is 6.92 Å². The lowest BCUT2D eigenvalue weighted by Gasteiger charge is -2.23. The van der Waals surface area contributed by atoms with Crippen molar-refractivity contribution in [2.75, 3.05) is 38.8 Å². The fraction of sp³-hybridized carbons (Fsp3) is 0.818. The third kappa shape index (κ3) is 5.77. The SMILES string of the molecule is CCSC1CCOCN(CCNC(=O)CON)C1=O. The highest BCUT2D eigenvalue weighted by Crippen LogP contribution is 2.19. The normalized spacial score (nSPS) is 20.2. The van der Waals surface area contributed by atoms with Crippen LogP contribution in [0.25, 0.3) is 0 Å². The Kier molecular flexibility index (Phi) is 7.80. The summed E-state index contributed by atoms with van der Waals surface area (Å²) in [5, 5.41) is 2.57. The number of nitrogens with zero attached hydrogens (tertiary/aromatic N) is 1. The molecule has 0 bridgehead atoms. The summed E-state index contributed by atoms with van der Waals surface area (Å²) in [4.78, 5) is 29.2. The van der Waals surface area contributed by atoms with Gasteiger partial charge in [0.2, 0.25) is 11.8 Å². The van der Waals surface area contributed by atoms with Crippen molar-refractivity contribution in [2.24, 2.45) is 5.90 Å². The van der Waals surface area contributed by atoms with Crippen LogP contribution in [0.5, 0.6) is 0 Å². The first-order chi connectivity index (χ1) is 9.19. The summed E-state index contributed by atoms with van der Waals surface area (Å²) in [5.74, 6) is 5.46. The maximum atomic E-state index is 12.2. The van der Waals surface area contributed by atoms with Crippen molar-refractivity contribution < 1.29 is 19.2 Å². The van der Waals surface area contributed by atoms with Gasteiger partial charge < -0.3 is 15.0 Å². The first kappa shape index (κ1) is 16.2. The zero-order valence-corrected chi connectivity index (χ0v) is 11.9. The second kappa shape index (κ2) is 9.13. The van der Waals surface area contributed by atoms with Crippen molar-refractivity contribution in [2.45, 2.75) is 18.6 Å². The van der Waals surface area contributed by atoms with E-state index in [0.29, 0.717) is 19.7 Å². The second-order valence-corrected chi connectivity index (χ2v) is 5.51. The number of nitrogens with two attached hydrogens (primary N) is 1. The highest BCUT2D eigenvalue weighted by molar-refractivity contribution is 8.00. The molecule has 1 aliphatic rings. The molecule has 0 aromatic heterocycles. The van der Waals surface area contributed by atoms with E-state index in [9.17, 15) is 9.59 Å². The molecular weight excluding hydrogens is 270 g/mol. The molecule has 2 amide bonds. The van der Waals surface area contributed by atoms with Crippen LogP contribution < -0.4 is 11.2 Å². The zero-order chi connectivity index (χ0) is 14.1. The number of carbonyl (C=O) groups is 2. The van der Waals surface area contributed by atoms with Crippen LogP contribution in [0.1, 0.15) is 13.3 Å². The third-order valence-electron chi connectivity index (χ3n) is 2.64. The van der Waals surface area contributed by atoms with Crippen LogP contribution in [0.15, 0.2) is 0 Å². The third-order valence-corrected chi connectivity index (χ3v) is 3.82. The average Bonchev–Trinajstić information content (AvgIpc) is 2.55. The van der Waals surface area contributed by atoms with Crippen molar-refractivity contribution in [1.29, 1.82) is 0 Å². The molecule has 1 rings (SSSR count). The van der Waals surface area contributed by atoms with Gasteiger partial charge in [0.15, 0.2) is 0 Å². The van der Waals surface area contributed by atoms with Gasteiger partial charge in [-0.1, -0.05) is 6.92 Å². The lowest BCUT2D eigenvalue weighted by atomic mass is 10.3. The summed E-state index contributed by atoms with van der Waals surface area (Å²) >= 11 is 1.63. The molecule has 19 heavy (non-hydrogen) atoms. The van der Waals surface area contributed by atoms with Gasteiger partial charge in [-0.2, -0.15) is 0 Å². The summed E-state index contributed by atoms with van der Waals surface area (Å²) in [5.41, 5.74) is 0. The highest BCUT2D eigenvalue weighted by atomic mass is 32.2. The minimum Gasteiger partial charge on any atom is -0.361 e. The smallest absolute Gasteiger partial charge is 0.248 e. The van der Waals surface area contributed by atoms with Gasteiger partial charge in [0, 0.05) is 13.1 Å². The summed E-state index contributed by atoms with van der Waals surface area (Å²) in [7, 11) is 0. The molecule has 7 nitrogen and oxygen atoms in total. The molecule has 1 atom stereocenters. The van der Waals surface area contributed by atoms with E-state index in [-0.39, 0.29) is 30.4 Å². The quantitative estimate of drug-likeness (QED) is 0.604. The number of rotatable bonds is 7. The number of nitrogens with one attached hydrogen (secondary N) is 1. The van der Waals surface area contributed by atoms with Gasteiger partial charge in [0.25, 0.3) is 0 Å². The molecule has 110 valence electrons. The summed E-state index contributed by atoms with van der Waals surface area (Å²) < 4.78 is 5.39. The minimum absolute atomic E-state index is 0.0458. The Bertz CT molecular complexity index is 304. The molecule has 8 heteroatoms. The van der Waals surface area contributed by atoms with Crippen molar-refractivity contribution in [1.82, 2.24) is 10.2 Å². The van der Waals surface area contributed by atoms with Crippen LogP contribution in [0.2, 0.25) is 0 Å². The fourth-order valence-corrected chi connectivity index (χ4v) is 2.70. The molecule has 1 saturated heterocycles. The van der Waals surface area contributed by atoms with E-state index in [0.717, 1.165) is 12.2 Å². The van der Waals surface area contributed by atoms with Crippen LogP contribution >= 0.6 is 11.8 Å². The number of ether oxygens (including phenoxy) is 1. The van der Waals surface area contributed by atoms with Gasteiger partial charge in [0.05, 0.1) is 11.9 Å². The van der Waals surface area contributed by atoms with Crippen molar-refractivity contribution in [3.63, 3.8) is 0 Å². The van der Waals surface area contributed by atoms with E-state index in [2.05, 4.69) is 10.2 Å². The Morgan fingerprint density at radius 1 is 1.68 bits per heavy atom. The van der Waals surface area contributed by atoms with Crippen molar-refractivity contribution >= 4 is 23.6 Å². The lowest BCUT2D eigenvalue weighted by Crippen LogP contribution is -2.42. The van der Waals surface area contributed by atoms with Gasteiger partial charge in [-0.05, 0) is 12.2 Å². The molecule has 1 unspecified atom stereocenters. The van der Waals surface area contributed by atoms with Gasteiger partial charge in [-0.25, -0.2) is 5.90 Å². The Hall–Kier alpha value is -0.830. The average molecular weight is 291 g/mol. The first-order valence-corrected chi connectivity index (χ1v) is 7.30. The van der Waals surface area contributed by atoms with Gasteiger partial charge in [0.1, 0.15) is 13.3 Å². The zero-order valence-electron chi connectivity index (χ0n) is 11.1. The maximum absolute atomic E-state index is 12.2. The fourth-order valence-electron chi connectivity index (χ4n) is 1.74. The summed E-state index contributed by atoms with van der Waals surface area (Å²) in [6.45, 7) is 3.51. The Morgan fingerprint density at radius 3 is 3.16 bits per heavy atom. The molecule has 0 spiro atoms. The van der Waals surface area contributed by atoms with E-state index in [4.69, 9.17) is 10.6 Å². The molecule has 0 aromatic rings. The topological polar surface area (TPSA) is 93.9 Å². The van der Waals surface area contributed by atoms with E-state index < -0.39 is 0 Å². The molecule has 1 heterocycles. The Balaban J connectivity index is 2.37. The minimum atomic E-state index is -0.301. The van der Waals surface area contributed by atoms with Crippen molar-refractivity contribution in [3.8, 4) is 0 Å². The Labute approximate surface area is 117 Å². The van der Waals surface area contributed by atoms with E-state index >= 15 is 0 Å². The molecular formula is C11H21N3O4S. The standard InChI is InChI=1S/C11H21N3O4S/c1-2-19-9-3-6-17-8-14(11(9)16)5-4-13-10(15)7-18-12/h9H,2-8,12H2,1H3,(H,13,15). The van der Waals surface area contributed by atoms with Gasteiger partial charge in [-0.3, -0.25) is 14.4 Å². The summed E-state index contributed by atoms with van der Waals surface area (Å²) in [6, 6.07) is 0. The van der Waals surface area contributed by atoms with Gasteiger partial charge >= 0.3 is 0 Å². The highest BCUT2D eigenvalue weighted by Gasteiger charge is 2.26. The number of carbonyl (C=O) groups excluding carboxylic acids is 2. The van der Waals surface area contributed by atoms with Crippen LogP contribution in [0.4, 0.5) is 0 Å². The van der Waals surface area contributed by atoms with Crippen molar-refractivity contribution in [3.05, 3.63) is 0 Å². The Morgan fingerprint density at radius 2 is 2.47 bits per heavy atom. The molecule has 0 aromatic carbocycles. The number of hydrogen-bond donors (Lipinski definition) is 2. The molecule has 0 radical (unpaired) electrons. The van der Waals surface area contributed by atoms with Crippen LogP contribution in [0.3, 0.4) is 0 Å². The van der Waals surface area contributed by atoms with Crippen LogP contribution in [-0.4, -0.2) is 60.8 Å².